The topological polar surface area (TPSA) is 42.3 Å². The van der Waals surface area contributed by atoms with E-state index in [-0.39, 0.29) is 5.04 Å². The van der Waals surface area contributed by atoms with Crippen LogP contribution >= 0.6 is 12.6 Å². The first kappa shape index (κ1) is 7.05. The molecule has 52 valence electrons. The van der Waals surface area contributed by atoms with Crippen molar-refractivity contribution in [3.63, 3.8) is 0 Å². The van der Waals surface area contributed by atoms with Crippen molar-refractivity contribution in [1.29, 1.82) is 5.41 Å². The number of hydrogen-bond acceptors (Lipinski definition) is 3. The van der Waals surface area contributed by atoms with Gasteiger partial charge in [-0.15, -0.1) is 12.6 Å². The third kappa shape index (κ3) is 1.26. The molecule has 0 amide bonds. The minimum Gasteiger partial charge on any atom is -0.342 e. The summed E-state index contributed by atoms with van der Waals surface area (Å²) in [4.78, 5) is 0. The Hall–Kier alpha value is -0.0600. The van der Waals surface area contributed by atoms with E-state index in [0.717, 1.165) is 0 Å². The summed E-state index contributed by atoms with van der Waals surface area (Å²) in [6.45, 7) is 2.80. The van der Waals surface area contributed by atoms with E-state index in [9.17, 15) is 0 Å². The fraction of sp³-hybridized carbons (Fsp3) is 0.800. The molecule has 0 bridgehead atoms. The maximum Gasteiger partial charge on any atom is 0.214 e. The minimum atomic E-state index is -0.858. The molecule has 0 unspecified atom stereocenters. The van der Waals surface area contributed by atoms with E-state index in [0.29, 0.717) is 13.2 Å². The van der Waals surface area contributed by atoms with Gasteiger partial charge in [0.25, 0.3) is 0 Å². The Balaban J connectivity index is 2.61. The molecule has 9 heavy (non-hydrogen) atoms. The molecule has 0 spiro atoms. The first-order chi connectivity index (χ1) is 4.15. The van der Waals surface area contributed by atoms with Gasteiger partial charge in [-0.1, -0.05) is 0 Å². The van der Waals surface area contributed by atoms with Crippen molar-refractivity contribution in [2.75, 3.05) is 13.2 Å². The van der Waals surface area contributed by atoms with Crippen LogP contribution in [0.4, 0.5) is 0 Å². The first-order valence-electron chi connectivity index (χ1n) is 2.71. The predicted octanol–water partition coefficient (Wildman–Crippen LogP) is 0.656. The molecule has 0 aromatic carbocycles. The molecule has 0 aromatic rings. The Morgan fingerprint density at radius 2 is 2.00 bits per heavy atom. The smallest absolute Gasteiger partial charge is 0.214 e. The molecule has 0 atom stereocenters. The van der Waals surface area contributed by atoms with Crippen LogP contribution in [0.2, 0.25) is 0 Å². The predicted molar refractivity (Wildman–Crippen MR) is 37.0 cm³/mol. The van der Waals surface area contributed by atoms with E-state index in [2.05, 4.69) is 12.6 Å². The summed E-state index contributed by atoms with van der Waals surface area (Å²) in [6.07, 6.45) is 0. The highest BCUT2D eigenvalue weighted by atomic mass is 32.1. The van der Waals surface area contributed by atoms with Crippen LogP contribution in [0, 0.1) is 5.41 Å². The van der Waals surface area contributed by atoms with E-state index in [4.69, 9.17) is 14.9 Å². The Bertz CT molecular complexity index is 131. The van der Waals surface area contributed by atoms with Crippen molar-refractivity contribution in [3.05, 3.63) is 0 Å². The second-order valence-electron chi connectivity index (χ2n) is 1.99. The average molecular weight is 147 g/mol. The van der Waals surface area contributed by atoms with E-state index in [1.807, 2.05) is 0 Å². The second-order valence-corrected chi connectivity index (χ2v) is 2.44. The van der Waals surface area contributed by atoms with Gasteiger partial charge in [0, 0.05) is 0 Å². The molecule has 0 saturated carbocycles. The summed E-state index contributed by atoms with van der Waals surface area (Å²) >= 11 is 3.81. The van der Waals surface area contributed by atoms with Crippen LogP contribution in [0.15, 0.2) is 0 Å². The Morgan fingerprint density at radius 1 is 1.56 bits per heavy atom. The van der Waals surface area contributed by atoms with Crippen LogP contribution in [0.3, 0.4) is 0 Å². The number of ether oxygens (including phenoxy) is 2. The standard InChI is InChI=1S/C5H9NO2S/c1-5(4(6)9)7-2-3-8-5/h2-3H2,1H3,(H2,6,9). The molecule has 1 saturated heterocycles. The second kappa shape index (κ2) is 2.28. The van der Waals surface area contributed by atoms with Gasteiger partial charge in [0.2, 0.25) is 5.79 Å². The Kier molecular flexibility index (Phi) is 1.79. The molecule has 0 radical (unpaired) electrons. The molecular formula is C5H9NO2S. The minimum absolute atomic E-state index is 0.125. The third-order valence-corrected chi connectivity index (χ3v) is 1.67. The molecule has 1 aliphatic rings. The molecular weight excluding hydrogens is 138 g/mol. The van der Waals surface area contributed by atoms with Gasteiger partial charge >= 0.3 is 0 Å². The quantitative estimate of drug-likeness (QED) is 0.325. The van der Waals surface area contributed by atoms with Crippen LogP contribution in [-0.4, -0.2) is 24.0 Å². The summed E-state index contributed by atoms with van der Waals surface area (Å²) in [7, 11) is 0. The molecule has 1 fully saturated rings. The van der Waals surface area contributed by atoms with Crippen LogP contribution < -0.4 is 0 Å². The highest BCUT2D eigenvalue weighted by Gasteiger charge is 2.33. The highest BCUT2D eigenvalue weighted by molar-refractivity contribution is 7.97. The van der Waals surface area contributed by atoms with Crippen molar-refractivity contribution in [1.82, 2.24) is 0 Å². The fourth-order valence-electron chi connectivity index (χ4n) is 0.651. The number of thiol groups is 1. The number of nitrogens with one attached hydrogen (secondary N) is 1. The molecule has 3 nitrogen and oxygen atoms in total. The van der Waals surface area contributed by atoms with Gasteiger partial charge in [-0.25, -0.2) is 0 Å². The normalized spacial score (nSPS) is 24.2. The fourth-order valence-corrected chi connectivity index (χ4v) is 0.780. The van der Waals surface area contributed by atoms with Gasteiger partial charge in [-0.05, 0) is 6.92 Å². The summed E-state index contributed by atoms with van der Waals surface area (Å²) in [5, 5.41) is 7.23. The van der Waals surface area contributed by atoms with Crippen LogP contribution in [0.1, 0.15) is 6.92 Å². The van der Waals surface area contributed by atoms with Gasteiger partial charge in [0.05, 0.1) is 13.2 Å². The van der Waals surface area contributed by atoms with Gasteiger partial charge in [-0.3, -0.25) is 5.41 Å². The summed E-state index contributed by atoms with van der Waals surface area (Å²) in [5.74, 6) is -0.858. The molecule has 1 N–H and O–H groups in total. The van der Waals surface area contributed by atoms with Crippen molar-refractivity contribution in [2.45, 2.75) is 12.7 Å². The Morgan fingerprint density at radius 3 is 2.22 bits per heavy atom. The zero-order valence-electron chi connectivity index (χ0n) is 5.18. The number of hydrogen-bond donors (Lipinski definition) is 2. The summed E-state index contributed by atoms with van der Waals surface area (Å²) in [5.41, 5.74) is 0. The lowest BCUT2D eigenvalue weighted by Crippen LogP contribution is -2.32. The monoisotopic (exact) mass is 147 g/mol. The Labute approximate surface area is 59.3 Å². The zero-order chi connectivity index (χ0) is 6.91. The van der Waals surface area contributed by atoms with E-state index < -0.39 is 5.79 Å². The molecule has 0 aromatic heterocycles. The third-order valence-electron chi connectivity index (χ3n) is 1.27. The molecule has 1 rings (SSSR count). The van der Waals surface area contributed by atoms with Crippen LogP contribution in [-0.2, 0) is 9.47 Å². The van der Waals surface area contributed by atoms with E-state index >= 15 is 0 Å². The van der Waals surface area contributed by atoms with Crippen molar-refractivity contribution >= 4 is 17.7 Å². The molecule has 0 aliphatic carbocycles. The van der Waals surface area contributed by atoms with Gasteiger partial charge in [-0.2, -0.15) is 0 Å². The average Bonchev–Trinajstić information content (AvgIpc) is 2.16. The van der Waals surface area contributed by atoms with Gasteiger partial charge in [0.1, 0.15) is 5.04 Å². The summed E-state index contributed by atoms with van der Waals surface area (Å²) < 4.78 is 10.2. The summed E-state index contributed by atoms with van der Waals surface area (Å²) in [6, 6.07) is 0. The lowest BCUT2D eigenvalue weighted by atomic mass is 10.4. The molecule has 1 aliphatic heterocycles. The molecule has 1 heterocycles. The zero-order valence-corrected chi connectivity index (χ0v) is 6.07. The lowest BCUT2D eigenvalue weighted by molar-refractivity contribution is -0.0793. The van der Waals surface area contributed by atoms with Gasteiger partial charge < -0.3 is 9.47 Å². The van der Waals surface area contributed by atoms with Crippen LogP contribution in [0.25, 0.3) is 0 Å². The first-order valence-corrected chi connectivity index (χ1v) is 3.16. The molecule has 4 heteroatoms. The SMILES string of the molecule is CC1(C(=N)S)OCCO1. The maximum atomic E-state index is 7.10. The van der Waals surface area contributed by atoms with Gasteiger partial charge in [0.15, 0.2) is 0 Å². The highest BCUT2D eigenvalue weighted by Crippen LogP contribution is 2.20. The van der Waals surface area contributed by atoms with Crippen LogP contribution in [0.5, 0.6) is 0 Å². The van der Waals surface area contributed by atoms with Crippen molar-refractivity contribution in [2.24, 2.45) is 0 Å². The maximum absolute atomic E-state index is 7.10. The van der Waals surface area contributed by atoms with E-state index in [1.54, 1.807) is 6.92 Å². The number of rotatable bonds is 1. The van der Waals surface area contributed by atoms with E-state index in [1.165, 1.54) is 0 Å². The van der Waals surface area contributed by atoms with Crippen molar-refractivity contribution in [3.8, 4) is 0 Å². The van der Waals surface area contributed by atoms with Crippen molar-refractivity contribution < 1.29 is 9.47 Å². The lowest BCUT2D eigenvalue weighted by Gasteiger charge is -2.19. The largest absolute Gasteiger partial charge is 0.342 e.